The lowest BCUT2D eigenvalue weighted by Gasteiger charge is -2.32. The molecule has 0 aromatic heterocycles. The molecule has 6 heteroatoms. The minimum Gasteiger partial charge on any atom is -0.314 e. The molecule has 0 amide bonds. The lowest BCUT2D eigenvalue weighted by molar-refractivity contribution is 0.265. The second kappa shape index (κ2) is 6.32. The van der Waals surface area contributed by atoms with Crippen molar-refractivity contribution in [2.45, 2.75) is 57.5 Å². The Morgan fingerprint density at radius 3 is 2.78 bits per heavy atom. The van der Waals surface area contributed by atoms with Gasteiger partial charge in [0, 0.05) is 25.2 Å². The van der Waals surface area contributed by atoms with Crippen LogP contribution in [0.15, 0.2) is 0 Å². The third-order valence-electron chi connectivity index (χ3n) is 3.99. The molecule has 2 aliphatic rings. The minimum absolute atomic E-state index is 0.140. The first-order valence-electron chi connectivity index (χ1n) is 7.09. The smallest absolute Gasteiger partial charge is 0.279 e. The van der Waals surface area contributed by atoms with Gasteiger partial charge in [-0.15, -0.1) is 0 Å². The van der Waals surface area contributed by atoms with E-state index in [9.17, 15) is 8.42 Å². The lowest BCUT2D eigenvalue weighted by atomic mass is 10.1. The number of piperidine rings is 1. The Balaban J connectivity index is 1.78. The molecule has 106 valence electrons. The molecule has 0 radical (unpaired) electrons. The van der Waals surface area contributed by atoms with E-state index in [1.165, 1.54) is 12.8 Å². The normalized spacial score (nSPS) is 30.7. The maximum atomic E-state index is 12.2. The topological polar surface area (TPSA) is 61.4 Å². The zero-order valence-electron chi connectivity index (χ0n) is 11.2. The second-order valence-corrected chi connectivity index (χ2v) is 7.14. The number of rotatable bonds is 5. The summed E-state index contributed by atoms with van der Waals surface area (Å²) in [6.07, 6.45) is 6.36. The summed E-state index contributed by atoms with van der Waals surface area (Å²) in [5.41, 5.74) is 0. The summed E-state index contributed by atoms with van der Waals surface area (Å²) in [5.74, 6) is 0. The fourth-order valence-electron chi connectivity index (χ4n) is 2.88. The predicted molar refractivity (Wildman–Crippen MR) is 72.6 cm³/mol. The van der Waals surface area contributed by atoms with Crippen molar-refractivity contribution in [3.8, 4) is 0 Å². The quantitative estimate of drug-likeness (QED) is 0.781. The molecule has 0 aromatic rings. The van der Waals surface area contributed by atoms with Crippen LogP contribution in [0.4, 0.5) is 0 Å². The van der Waals surface area contributed by atoms with Gasteiger partial charge in [0.1, 0.15) is 0 Å². The molecule has 2 atom stereocenters. The van der Waals surface area contributed by atoms with Crippen LogP contribution in [-0.4, -0.2) is 44.4 Å². The summed E-state index contributed by atoms with van der Waals surface area (Å²) < 4.78 is 28.7. The van der Waals surface area contributed by atoms with Gasteiger partial charge in [-0.3, -0.25) is 0 Å². The van der Waals surface area contributed by atoms with E-state index in [4.69, 9.17) is 0 Å². The first kappa shape index (κ1) is 14.2. The van der Waals surface area contributed by atoms with E-state index >= 15 is 0 Å². The van der Waals surface area contributed by atoms with Gasteiger partial charge in [0.25, 0.3) is 10.2 Å². The van der Waals surface area contributed by atoms with Crippen molar-refractivity contribution >= 4 is 10.2 Å². The van der Waals surface area contributed by atoms with Crippen LogP contribution in [0.2, 0.25) is 0 Å². The lowest BCUT2D eigenvalue weighted by Crippen LogP contribution is -2.48. The molecule has 18 heavy (non-hydrogen) atoms. The van der Waals surface area contributed by atoms with Crippen LogP contribution in [-0.2, 0) is 10.2 Å². The van der Waals surface area contributed by atoms with Crippen molar-refractivity contribution in [3.63, 3.8) is 0 Å². The molecule has 2 rings (SSSR count). The molecule has 0 aliphatic carbocycles. The Morgan fingerprint density at radius 1 is 1.28 bits per heavy atom. The van der Waals surface area contributed by atoms with Crippen LogP contribution in [0, 0.1) is 0 Å². The highest BCUT2D eigenvalue weighted by Crippen LogP contribution is 2.19. The Bertz CT molecular complexity index is 352. The zero-order valence-corrected chi connectivity index (χ0v) is 12.0. The number of nitrogens with zero attached hydrogens (tertiary/aromatic N) is 1. The SMILES string of the molecule is CC1CCCCN1S(=O)(=O)NCCC1CCCN1. The molecule has 2 heterocycles. The van der Waals surface area contributed by atoms with Crippen LogP contribution >= 0.6 is 0 Å². The summed E-state index contributed by atoms with van der Waals surface area (Å²) in [5, 5.41) is 3.38. The molecule has 2 unspecified atom stereocenters. The molecule has 2 fully saturated rings. The largest absolute Gasteiger partial charge is 0.314 e. The highest BCUT2D eigenvalue weighted by molar-refractivity contribution is 7.87. The van der Waals surface area contributed by atoms with Crippen LogP contribution in [0.25, 0.3) is 0 Å². The Labute approximate surface area is 110 Å². The van der Waals surface area contributed by atoms with E-state index in [2.05, 4.69) is 10.0 Å². The van der Waals surface area contributed by atoms with Crippen molar-refractivity contribution in [2.75, 3.05) is 19.6 Å². The number of nitrogens with one attached hydrogen (secondary N) is 2. The molecule has 5 nitrogen and oxygen atoms in total. The summed E-state index contributed by atoms with van der Waals surface area (Å²) in [6, 6.07) is 0.632. The highest BCUT2D eigenvalue weighted by atomic mass is 32.2. The molecule has 2 N–H and O–H groups in total. The molecule has 0 aromatic carbocycles. The number of hydrogen-bond donors (Lipinski definition) is 2. The van der Waals surface area contributed by atoms with Crippen LogP contribution in [0.5, 0.6) is 0 Å². The second-order valence-electron chi connectivity index (χ2n) is 5.44. The van der Waals surface area contributed by atoms with E-state index in [0.717, 1.165) is 32.2 Å². The van der Waals surface area contributed by atoms with Gasteiger partial charge >= 0.3 is 0 Å². The van der Waals surface area contributed by atoms with Gasteiger partial charge in [-0.05, 0) is 45.6 Å². The van der Waals surface area contributed by atoms with Crippen LogP contribution < -0.4 is 10.0 Å². The van der Waals surface area contributed by atoms with E-state index < -0.39 is 10.2 Å². The summed E-state index contributed by atoms with van der Waals surface area (Å²) in [7, 11) is -3.27. The highest BCUT2D eigenvalue weighted by Gasteiger charge is 2.29. The third kappa shape index (κ3) is 3.66. The third-order valence-corrected chi connectivity index (χ3v) is 5.72. The minimum atomic E-state index is -3.27. The fourth-order valence-corrected chi connectivity index (χ4v) is 4.37. The van der Waals surface area contributed by atoms with E-state index in [1.54, 1.807) is 4.31 Å². The monoisotopic (exact) mass is 275 g/mol. The van der Waals surface area contributed by atoms with E-state index in [1.807, 2.05) is 6.92 Å². The maximum absolute atomic E-state index is 12.2. The first-order valence-corrected chi connectivity index (χ1v) is 8.53. The van der Waals surface area contributed by atoms with Gasteiger partial charge in [0.05, 0.1) is 0 Å². The molecule has 0 saturated carbocycles. The van der Waals surface area contributed by atoms with Gasteiger partial charge in [0.15, 0.2) is 0 Å². The summed E-state index contributed by atoms with van der Waals surface area (Å²) >= 11 is 0. The maximum Gasteiger partial charge on any atom is 0.279 e. The van der Waals surface area contributed by atoms with Crippen molar-refractivity contribution in [2.24, 2.45) is 0 Å². The van der Waals surface area contributed by atoms with Gasteiger partial charge in [-0.1, -0.05) is 6.42 Å². The summed E-state index contributed by atoms with van der Waals surface area (Å²) in [6.45, 7) is 4.28. The predicted octanol–water partition coefficient (Wildman–Crippen LogP) is 0.837. The van der Waals surface area contributed by atoms with Gasteiger partial charge < -0.3 is 5.32 Å². The molecule has 2 saturated heterocycles. The van der Waals surface area contributed by atoms with Crippen molar-refractivity contribution in [1.82, 2.24) is 14.3 Å². The van der Waals surface area contributed by atoms with Crippen LogP contribution in [0.1, 0.15) is 45.4 Å². The fraction of sp³-hybridized carbons (Fsp3) is 1.00. The molecule has 0 bridgehead atoms. The molecular formula is C12H25N3O2S. The van der Waals surface area contributed by atoms with Crippen LogP contribution in [0.3, 0.4) is 0 Å². The number of hydrogen-bond acceptors (Lipinski definition) is 3. The van der Waals surface area contributed by atoms with Gasteiger partial charge in [0.2, 0.25) is 0 Å². The summed E-state index contributed by atoms with van der Waals surface area (Å²) in [4.78, 5) is 0. The Morgan fingerprint density at radius 2 is 2.11 bits per heavy atom. The molecule has 0 spiro atoms. The Hall–Kier alpha value is -0.170. The molecule has 2 aliphatic heterocycles. The molecular weight excluding hydrogens is 250 g/mol. The average molecular weight is 275 g/mol. The van der Waals surface area contributed by atoms with Gasteiger partial charge in [-0.2, -0.15) is 12.7 Å². The average Bonchev–Trinajstić information content (AvgIpc) is 2.82. The van der Waals surface area contributed by atoms with E-state index in [0.29, 0.717) is 19.1 Å². The first-order chi connectivity index (χ1) is 8.59. The van der Waals surface area contributed by atoms with Gasteiger partial charge in [-0.25, -0.2) is 4.72 Å². The standard InChI is InChI=1S/C12H25N3O2S/c1-11-5-2-3-10-15(11)18(16,17)14-9-7-12-6-4-8-13-12/h11-14H,2-10H2,1H3. The van der Waals surface area contributed by atoms with Crippen molar-refractivity contribution in [3.05, 3.63) is 0 Å². The van der Waals surface area contributed by atoms with Crippen molar-refractivity contribution < 1.29 is 8.42 Å². The van der Waals surface area contributed by atoms with Crippen molar-refractivity contribution in [1.29, 1.82) is 0 Å². The Kier molecular flexibility index (Phi) is 5.00. The zero-order chi connectivity index (χ0) is 13.0. The van der Waals surface area contributed by atoms with E-state index in [-0.39, 0.29) is 6.04 Å².